The highest BCUT2D eigenvalue weighted by molar-refractivity contribution is 6.22. The zero-order chi connectivity index (χ0) is 31.7. The second-order valence-corrected chi connectivity index (χ2v) is 10.5. The third-order valence-corrected chi connectivity index (χ3v) is 7.83. The van der Waals surface area contributed by atoms with Gasteiger partial charge in [-0.3, -0.25) is 9.59 Å². The Morgan fingerprint density at radius 1 is 0.744 bits per heavy atom. The zero-order valence-corrected chi connectivity index (χ0v) is 22.5. The summed E-state index contributed by atoms with van der Waals surface area (Å²) in [5, 5.41) is 113. The highest BCUT2D eigenvalue weighted by atomic mass is 16.6. The molecule has 3 aliphatic rings. The number of hydrogen-bond donors (Lipinski definition) is 11. The van der Waals surface area contributed by atoms with Gasteiger partial charge in [0.15, 0.2) is 11.6 Å². The first kappa shape index (κ1) is 32.7. The van der Waals surface area contributed by atoms with Gasteiger partial charge >= 0.3 is 0 Å². The Kier molecular flexibility index (Phi) is 10.0. The molecule has 2 heterocycles. The Morgan fingerprint density at radius 2 is 1.30 bits per heavy atom. The van der Waals surface area contributed by atoms with Crippen molar-refractivity contribution in [1.29, 1.82) is 0 Å². The van der Waals surface area contributed by atoms with E-state index in [1.807, 2.05) is 0 Å². The van der Waals surface area contributed by atoms with E-state index >= 15 is 0 Å². The van der Waals surface area contributed by atoms with Crippen molar-refractivity contribution < 1.29 is 75.2 Å². The normalized spacial score (nSPS) is 38.6. The Bertz CT molecular complexity index is 1280. The third kappa shape index (κ3) is 6.09. The Balaban J connectivity index is 1.82. The van der Waals surface area contributed by atoms with Crippen LogP contribution in [0.2, 0.25) is 0 Å². The Morgan fingerprint density at radius 3 is 1.88 bits per heavy atom. The van der Waals surface area contributed by atoms with Crippen molar-refractivity contribution in [2.45, 2.75) is 67.5 Å². The van der Waals surface area contributed by atoms with Crippen molar-refractivity contribution >= 4 is 11.6 Å². The summed E-state index contributed by atoms with van der Waals surface area (Å²) in [6.07, 6.45) is -16.3. The molecule has 0 unspecified atom stereocenters. The van der Waals surface area contributed by atoms with Crippen molar-refractivity contribution in [2.75, 3.05) is 13.2 Å². The maximum Gasteiger partial charge on any atom is 0.183 e. The van der Waals surface area contributed by atoms with Gasteiger partial charge < -0.3 is 65.6 Å². The standard InChI is InChI=1S/C28H34O15/c29-8-13-18(33)23(38)25(40)27(42-13)16-20(35)15(12(32)3-1-2-10-4-6-11(31)7-5-10)21(36)17(22(16)37)28-26(41)24(39)19(34)14(9-30)43-28/h1,3-7,13-14,16,18-19,23-34,36,38-41H,2,8-9H2/t13-,14-,16+,18-,19-,23+,24+,25-,26-,27+,28+/m1/s1. The Labute approximate surface area is 244 Å². The van der Waals surface area contributed by atoms with Crippen LogP contribution in [0.5, 0.6) is 5.75 Å². The predicted molar refractivity (Wildman–Crippen MR) is 141 cm³/mol. The summed E-state index contributed by atoms with van der Waals surface area (Å²) in [6.45, 7) is -1.79. The van der Waals surface area contributed by atoms with Gasteiger partial charge in [0.05, 0.1) is 18.8 Å². The molecule has 0 amide bonds. The van der Waals surface area contributed by atoms with Crippen molar-refractivity contribution in [2.24, 2.45) is 5.92 Å². The maximum absolute atomic E-state index is 13.8. The number of hydrogen-bond acceptors (Lipinski definition) is 15. The second kappa shape index (κ2) is 13.2. The zero-order valence-electron chi connectivity index (χ0n) is 22.5. The molecular formula is C28H34O15. The molecular weight excluding hydrogens is 576 g/mol. The molecule has 11 N–H and O–H groups in total. The fourth-order valence-corrected chi connectivity index (χ4v) is 5.40. The highest BCUT2D eigenvalue weighted by Gasteiger charge is 2.57. The lowest BCUT2D eigenvalue weighted by Gasteiger charge is -2.45. The average molecular weight is 611 g/mol. The van der Waals surface area contributed by atoms with Crippen LogP contribution in [0, 0.1) is 5.92 Å². The summed E-state index contributed by atoms with van der Waals surface area (Å²) in [5.74, 6) is -6.82. The minimum absolute atomic E-state index is 0.0187. The molecule has 11 atom stereocenters. The van der Waals surface area contributed by atoms with Crippen LogP contribution in [0.1, 0.15) is 5.56 Å². The van der Waals surface area contributed by atoms with Crippen LogP contribution in [0.15, 0.2) is 59.1 Å². The van der Waals surface area contributed by atoms with Gasteiger partial charge in [-0.25, -0.2) is 0 Å². The number of carbonyl (C=O) groups excluding carboxylic acids is 2. The summed E-state index contributed by atoms with van der Waals surface area (Å²) < 4.78 is 10.9. The first-order chi connectivity index (χ1) is 20.3. The van der Waals surface area contributed by atoms with E-state index in [2.05, 4.69) is 0 Å². The lowest BCUT2D eigenvalue weighted by atomic mass is 9.72. The van der Waals surface area contributed by atoms with E-state index in [1.165, 1.54) is 18.2 Å². The molecule has 2 fully saturated rings. The summed E-state index contributed by atoms with van der Waals surface area (Å²) >= 11 is 0. The topological polar surface area (TPSA) is 275 Å². The highest BCUT2D eigenvalue weighted by Crippen LogP contribution is 2.40. The van der Waals surface area contributed by atoms with Crippen LogP contribution >= 0.6 is 0 Å². The number of aromatic hydroxyl groups is 1. The van der Waals surface area contributed by atoms with Gasteiger partial charge in [-0.05, 0) is 30.2 Å². The molecule has 0 saturated carbocycles. The van der Waals surface area contributed by atoms with E-state index in [9.17, 15) is 65.8 Å². The van der Waals surface area contributed by atoms with Crippen molar-refractivity contribution in [3.8, 4) is 5.75 Å². The molecule has 1 aromatic rings. The number of ether oxygens (including phenoxy) is 2. The monoisotopic (exact) mass is 610 g/mol. The van der Waals surface area contributed by atoms with E-state index in [4.69, 9.17) is 9.47 Å². The van der Waals surface area contributed by atoms with Gasteiger partial charge in [0.2, 0.25) is 0 Å². The molecule has 4 rings (SSSR count). The quantitative estimate of drug-likeness (QED) is 0.0814. The molecule has 0 aromatic heterocycles. The molecule has 15 heteroatoms. The van der Waals surface area contributed by atoms with Crippen molar-refractivity contribution in [3.05, 3.63) is 64.6 Å². The van der Waals surface area contributed by atoms with E-state index in [0.29, 0.717) is 5.56 Å². The molecule has 236 valence electrons. The fourth-order valence-electron chi connectivity index (χ4n) is 5.40. The van der Waals surface area contributed by atoms with Gasteiger partial charge in [-0.15, -0.1) is 0 Å². The van der Waals surface area contributed by atoms with E-state index in [0.717, 1.165) is 6.08 Å². The number of benzene rings is 1. The molecule has 15 nitrogen and oxygen atoms in total. The van der Waals surface area contributed by atoms with Crippen LogP contribution in [-0.2, 0) is 25.5 Å². The van der Waals surface area contributed by atoms with E-state index < -0.39 is 114 Å². The number of phenols is 1. The van der Waals surface area contributed by atoms with Gasteiger partial charge in [-0.2, -0.15) is 0 Å². The number of carbonyl (C=O) groups is 2. The van der Waals surface area contributed by atoms with Crippen molar-refractivity contribution in [3.63, 3.8) is 0 Å². The first-order valence-electron chi connectivity index (χ1n) is 13.3. The van der Waals surface area contributed by atoms with Gasteiger partial charge in [0.1, 0.15) is 89.8 Å². The molecule has 2 aliphatic heterocycles. The van der Waals surface area contributed by atoms with Gasteiger partial charge in [-0.1, -0.05) is 18.2 Å². The molecule has 1 aliphatic carbocycles. The van der Waals surface area contributed by atoms with Crippen LogP contribution < -0.4 is 0 Å². The van der Waals surface area contributed by atoms with Crippen LogP contribution in [-0.4, -0.2) is 142 Å². The van der Waals surface area contributed by atoms with Gasteiger partial charge in [0.25, 0.3) is 0 Å². The van der Waals surface area contributed by atoms with E-state index in [-0.39, 0.29) is 12.2 Å². The third-order valence-electron chi connectivity index (χ3n) is 7.83. The molecule has 0 radical (unpaired) electrons. The summed E-state index contributed by atoms with van der Waals surface area (Å²) in [6, 6.07) is 6.00. The maximum atomic E-state index is 13.8. The predicted octanol–water partition coefficient (Wildman–Crippen LogP) is -3.43. The molecule has 0 spiro atoms. The largest absolute Gasteiger partial charge is 0.508 e. The fraction of sp³-hybridized carbons (Fsp3) is 0.500. The molecule has 43 heavy (non-hydrogen) atoms. The number of ketones is 2. The molecule has 2 saturated heterocycles. The molecule has 1 aromatic carbocycles. The number of phenolic OH excluding ortho intramolecular Hbond substituents is 1. The Hall–Kier alpha value is -3.22. The number of Topliss-reactive ketones (excluding diaryl/α,β-unsaturated/α-hetero) is 2. The smallest absolute Gasteiger partial charge is 0.183 e. The SMILES string of the molecule is O=C1C(=C(O)C=CCc2ccc(O)cc2)C(O)=C([C@@H]2O[C@H](CO)[C@@H](O)[C@H](O)[C@H]2O)C(=O)[C@H]1[C@@H]1O[C@H](CO)[C@@H](O)[C@H](O)[C@H]1O. The van der Waals surface area contributed by atoms with E-state index in [1.54, 1.807) is 12.1 Å². The number of allylic oxidation sites excluding steroid dienone is 3. The van der Waals surface area contributed by atoms with Crippen LogP contribution in [0.4, 0.5) is 0 Å². The number of rotatable bonds is 7. The van der Waals surface area contributed by atoms with Crippen molar-refractivity contribution in [1.82, 2.24) is 0 Å². The average Bonchev–Trinajstić information content (AvgIpc) is 2.98. The summed E-state index contributed by atoms with van der Waals surface area (Å²) in [4.78, 5) is 27.5. The summed E-state index contributed by atoms with van der Waals surface area (Å²) in [7, 11) is 0. The molecule has 0 bridgehead atoms. The van der Waals surface area contributed by atoms with Crippen LogP contribution in [0.25, 0.3) is 0 Å². The lowest BCUT2D eigenvalue weighted by Crippen LogP contribution is -2.64. The van der Waals surface area contributed by atoms with Crippen LogP contribution in [0.3, 0.4) is 0 Å². The number of aliphatic hydroxyl groups excluding tert-OH is 10. The minimum atomic E-state index is -2.15. The minimum Gasteiger partial charge on any atom is -0.508 e. The van der Waals surface area contributed by atoms with Gasteiger partial charge in [0, 0.05) is 0 Å². The number of aliphatic hydroxyl groups is 10. The first-order valence-corrected chi connectivity index (χ1v) is 13.3. The summed E-state index contributed by atoms with van der Waals surface area (Å²) in [5.41, 5.74) is -1.10. The second-order valence-electron chi connectivity index (χ2n) is 10.5. The lowest BCUT2D eigenvalue weighted by molar-refractivity contribution is -0.239.